The van der Waals surface area contributed by atoms with Crippen LogP contribution in [0.15, 0.2) is 34.9 Å². The van der Waals surface area contributed by atoms with Crippen molar-refractivity contribution in [1.82, 2.24) is 0 Å². The number of benzene rings is 1. The topological polar surface area (TPSA) is 33.4 Å². The van der Waals surface area contributed by atoms with Gasteiger partial charge in [0.05, 0.1) is 6.26 Å². The van der Waals surface area contributed by atoms with E-state index in [0.29, 0.717) is 6.61 Å². The lowest BCUT2D eigenvalue weighted by atomic mass is 10.1. The van der Waals surface area contributed by atoms with Gasteiger partial charge in [0, 0.05) is 12.0 Å². The van der Waals surface area contributed by atoms with Crippen molar-refractivity contribution >= 4 is 11.0 Å². The zero-order chi connectivity index (χ0) is 10.5. The van der Waals surface area contributed by atoms with Crippen LogP contribution in [0.2, 0.25) is 0 Å². The number of aryl methyl sites for hydroxylation is 1. The Kier molecular flexibility index (Phi) is 3.41. The smallest absolute Gasteiger partial charge is 0.137 e. The van der Waals surface area contributed by atoms with Crippen molar-refractivity contribution < 1.29 is 9.52 Å². The fraction of sp³-hybridized carbons (Fsp3) is 0.385. The van der Waals surface area contributed by atoms with Gasteiger partial charge in [-0.15, -0.1) is 0 Å². The normalized spacial score (nSPS) is 11.0. The van der Waals surface area contributed by atoms with Gasteiger partial charge in [-0.05, 0) is 30.9 Å². The summed E-state index contributed by atoms with van der Waals surface area (Å²) in [5.74, 6) is 0. The summed E-state index contributed by atoms with van der Waals surface area (Å²) in [5.41, 5.74) is 2.29. The van der Waals surface area contributed by atoms with Crippen LogP contribution in [0.4, 0.5) is 0 Å². The van der Waals surface area contributed by atoms with Gasteiger partial charge >= 0.3 is 0 Å². The Morgan fingerprint density at radius 3 is 2.87 bits per heavy atom. The Morgan fingerprint density at radius 1 is 1.07 bits per heavy atom. The molecule has 0 aliphatic carbocycles. The molecule has 0 saturated carbocycles. The van der Waals surface area contributed by atoms with Crippen molar-refractivity contribution in [2.24, 2.45) is 0 Å². The molecule has 15 heavy (non-hydrogen) atoms. The third-order valence-corrected chi connectivity index (χ3v) is 2.66. The van der Waals surface area contributed by atoms with Crippen LogP contribution in [0.3, 0.4) is 0 Å². The molecule has 0 radical (unpaired) electrons. The van der Waals surface area contributed by atoms with Crippen LogP contribution in [-0.2, 0) is 6.42 Å². The number of furan rings is 1. The Hall–Kier alpha value is -1.28. The van der Waals surface area contributed by atoms with Gasteiger partial charge in [-0.3, -0.25) is 0 Å². The fourth-order valence-electron chi connectivity index (χ4n) is 1.86. The lowest BCUT2D eigenvalue weighted by Crippen LogP contribution is -1.88. The molecular weight excluding hydrogens is 188 g/mol. The highest BCUT2D eigenvalue weighted by atomic mass is 16.3. The van der Waals surface area contributed by atoms with Crippen LogP contribution in [0.1, 0.15) is 24.8 Å². The van der Waals surface area contributed by atoms with Crippen molar-refractivity contribution in [2.75, 3.05) is 6.61 Å². The molecule has 80 valence electrons. The van der Waals surface area contributed by atoms with Crippen molar-refractivity contribution in [2.45, 2.75) is 25.7 Å². The summed E-state index contributed by atoms with van der Waals surface area (Å²) in [7, 11) is 0. The van der Waals surface area contributed by atoms with Gasteiger partial charge in [0.2, 0.25) is 0 Å². The molecule has 0 saturated heterocycles. The first-order valence-corrected chi connectivity index (χ1v) is 5.48. The molecule has 2 aromatic rings. The minimum absolute atomic E-state index is 0.297. The first-order chi connectivity index (χ1) is 7.42. The van der Waals surface area contributed by atoms with E-state index in [1.165, 1.54) is 10.9 Å². The number of unbranched alkanes of at least 4 members (excludes halogenated alkanes) is 2. The SMILES string of the molecule is OCCCCCc1cccc2ccoc12. The molecule has 2 rings (SSSR count). The molecule has 0 bridgehead atoms. The minimum atomic E-state index is 0.297. The third-order valence-electron chi connectivity index (χ3n) is 2.66. The van der Waals surface area contributed by atoms with Gasteiger partial charge in [0.25, 0.3) is 0 Å². The quantitative estimate of drug-likeness (QED) is 0.759. The Balaban J connectivity index is 2.04. The highest BCUT2D eigenvalue weighted by Gasteiger charge is 2.02. The van der Waals surface area contributed by atoms with Gasteiger partial charge in [-0.1, -0.05) is 24.6 Å². The zero-order valence-electron chi connectivity index (χ0n) is 8.78. The summed E-state index contributed by atoms with van der Waals surface area (Å²) >= 11 is 0. The lowest BCUT2D eigenvalue weighted by Gasteiger charge is -2.01. The van der Waals surface area contributed by atoms with E-state index in [1.54, 1.807) is 6.26 Å². The molecule has 0 amide bonds. The number of hydrogen-bond donors (Lipinski definition) is 1. The molecule has 0 atom stereocenters. The number of hydrogen-bond acceptors (Lipinski definition) is 2. The molecule has 0 unspecified atom stereocenters. The summed E-state index contributed by atoms with van der Waals surface area (Å²) in [5, 5.41) is 9.86. The Morgan fingerprint density at radius 2 is 2.00 bits per heavy atom. The molecule has 2 nitrogen and oxygen atoms in total. The molecule has 1 N–H and O–H groups in total. The fourth-order valence-corrected chi connectivity index (χ4v) is 1.86. The second-order valence-electron chi connectivity index (χ2n) is 3.79. The maximum absolute atomic E-state index is 8.68. The zero-order valence-corrected chi connectivity index (χ0v) is 8.78. The average Bonchev–Trinajstić information content (AvgIpc) is 2.73. The summed E-state index contributed by atoms with van der Waals surface area (Å²) in [6.45, 7) is 0.297. The molecule has 0 aliphatic heterocycles. The molecule has 1 heterocycles. The van der Waals surface area contributed by atoms with Crippen LogP contribution in [0, 0.1) is 0 Å². The number of para-hydroxylation sites is 1. The number of rotatable bonds is 5. The summed E-state index contributed by atoms with van der Waals surface area (Å²) in [6.07, 6.45) is 5.86. The first kappa shape index (κ1) is 10.2. The van der Waals surface area contributed by atoms with Gasteiger partial charge in [-0.2, -0.15) is 0 Å². The van der Waals surface area contributed by atoms with Crippen LogP contribution in [-0.4, -0.2) is 11.7 Å². The van der Waals surface area contributed by atoms with Crippen molar-refractivity contribution in [3.8, 4) is 0 Å². The maximum Gasteiger partial charge on any atom is 0.137 e. The van der Waals surface area contributed by atoms with Crippen molar-refractivity contribution in [3.05, 3.63) is 36.1 Å². The molecule has 0 aliphatic rings. The molecule has 0 spiro atoms. The van der Waals surface area contributed by atoms with E-state index in [4.69, 9.17) is 9.52 Å². The van der Waals surface area contributed by atoms with Crippen molar-refractivity contribution in [3.63, 3.8) is 0 Å². The summed E-state index contributed by atoms with van der Waals surface area (Å²) in [4.78, 5) is 0. The van der Waals surface area contributed by atoms with Crippen LogP contribution in [0.5, 0.6) is 0 Å². The number of aliphatic hydroxyl groups excluding tert-OH is 1. The molecule has 0 fully saturated rings. The standard InChI is InChI=1S/C13H16O2/c14-9-3-1-2-5-11-6-4-7-12-8-10-15-13(11)12/h4,6-8,10,14H,1-3,5,9H2. The molecule has 1 aromatic heterocycles. The van der Waals surface area contributed by atoms with Gasteiger partial charge in [-0.25, -0.2) is 0 Å². The maximum atomic E-state index is 8.68. The molecule has 2 heteroatoms. The van der Waals surface area contributed by atoms with E-state index in [0.717, 1.165) is 31.3 Å². The predicted octanol–water partition coefficient (Wildman–Crippen LogP) is 3.14. The summed E-state index contributed by atoms with van der Waals surface area (Å²) in [6, 6.07) is 8.24. The predicted molar refractivity (Wildman–Crippen MR) is 60.9 cm³/mol. The lowest BCUT2D eigenvalue weighted by molar-refractivity contribution is 0.283. The van der Waals surface area contributed by atoms with E-state index < -0.39 is 0 Å². The van der Waals surface area contributed by atoms with E-state index in [2.05, 4.69) is 18.2 Å². The van der Waals surface area contributed by atoms with Gasteiger partial charge < -0.3 is 9.52 Å². The second-order valence-corrected chi connectivity index (χ2v) is 3.79. The Bertz CT molecular complexity index is 417. The van der Waals surface area contributed by atoms with Gasteiger partial charge in [0.15, 0.2) is 0 Å². The molecule has 1 aromatic carbocycles. The van der Waals surface area contributed by atoms with Crippen molar-refractivity contribution in [1.29, 1.82) is 0 Å². The molecular formula is C13H16O2. The van der Waals surface area contributed by atoms with Gasteiger partial charge in [0.1, 0.15) is 5.58 Å². The van der Waals surface area contributed by atoms with Crippen LogP contribution < -0.4 is 0 Å². The number of fused-ring (bicyclic) bond motifs is 1. The van der Waals surface area contributed by atoms with Crippen LogP contribution >= 0.6 is 0 Å². The largest absolute Gasteiger partial charge is 0.464 e. The van der Waals surface area contributed by atoms with E-state index >= 15 is 0 Å². The highest BCUT2D eigenvalue weighted by molar-refractivity contribution is 5.80. The third kappa shape index (κ3) is 2.39. The van der Waals surface area contributed by atoms with E-state index in [-0.39, 0.29) is 0 Å². The first-order valence-electron chi connectivity index (χ1n) is 5.48. The second kappa shape index (κ2) is 4.99. The Labute approximate surface area is 89.5 Å². The summed E-state index contributed by atoms with van der Waals surface area (Å²) < 4.78 is 5.46. The average molecular weight is 204 g/mol. The monoisotopic (exact) mass is 204 g/mol. The minimum Gasteiger partial charge on any atom is -0.464 e. The van der Waals surface area contributed by atoms with E-state index in [9.17, 15) is 0 Å². The highest BCUT2D eigenvalue weighted by Crippen LogP contribution is 2.21. The van der Waals surface area contributed by atoms with E-state index in [1.807, 2.05) is 6.07 Å². The van der Waals surface area contributed by atoms with Crippen LogP contribution in [0.25, 0.3) is 11.0 Å². The number of aliphatic hydroxyl groups is 1.